The fourth-order valence-electron chi connectivity index (χ4n) is 1.40. The molecule has 2 nitrogen and oxygen atoms in total. The maximum Gasteiger partial charge on any atom is 0.0507 e. The van der Waals surface area contributed by atoms with Gasteiger partial charge < -0.3 is 10.1 Å². The molecule has 1 fully saturated rings. The van der Waals surface area contributed by atoms with Crippen LogP contribution >= 0.6 is 11.6 Å². The molecule has 0 aromatic heterocycles. The monoisotopic (exact) mass is 205 g/mol. The van der Waals surface area contributed by atoms with Crippen LogP contribution in [0.1, 0.15) is 26.7 Å². The van der Waals surface area contributed by atoms with Crippen molar-refractivity contribution in [2.75, 3.05) is 25.6 Å². The van der Waals surface area contributed by atoms with Gasteiger partial charge in [0.15, 0.2) is 0 Å². The van der Waals surface area contributed by atoms with E-state index in [9.17, 15) is 0 Å². The SMILES string of the molecule is CCC(C)(CCl)NCC1CCOC1. The van der Waals surface area contributed by atoms with E-state index in [1.54, 1.807) is 0 Å². The topological polar surface area (TPSA) is 21.3 Å². The number of halogens is 1. The van der Waals surface area contributed by atoms with Crippen molar-refractivity contribution >= 4 is 11.6 Å². The molecular weight excluding hydrogens is 186 g/mol. The van der Waals surface area contributed by atoms with Crippen molar-refractivity contribution in [1.29, 1.82) is 0 Å². The van der Waals surface area contributed by atoms with Crippen LogP contribution < -0.4 is 5.32 Å². The molecule has 1 aliphatic rings. The van der Waals surface area contributed by atoms with Crippen molar-refractivity contribution in [2.45, 2.75) is 32.2 Å². The van der Waals surface area contributed by atoms with Gasteiger partial charge in [0.2, 0.25) is 0 Å². The predicted molar refractivity (Wildman–Crippen MR) is 56.3 cm³/mol. The van der Waals surface area contributed by atoms with Crippen molar-refractivity contribution in [3.05, 3.63) is 0 Å². The summed E-state index contributed by atoms with van der Waals surface area (Å²) in [7, 11) is 0. The van der Waals surface area contributed by atoms with Gasteiger partial charge in [-0.2, -0.15) is 0 Å². The Morgan fingerprint density at radius 2 is 2.38 bits per heavy atom. The first-order valence-electron chi connectivity index (χ1n) is 5.09. The summed E-state index contributed by atoms with van der Waals surface area (Å²) in [5.74, 6) is 1.37. The molecule has 0 spiro atoms. The van der Waals surface area contributed by atoms with Gasteiger partial charge in [-0.05, 0) is 25.7 Å². The van der Waals surface area contributed by atoms with E-state index in [0.29, 0.717) is 11.8 Å². The minimum Gasteiger partial charge on any atom is -0.381 e. The lowest BCUT2D eigenvalue weighted by Gasteiger charge is -2.28. The molecule has 0 radical (unpaired) electrons. The Balaban J connectivity index is 2.22. The molecule has 2 atom stereocenters. The zero-order chi connectivity index (χ0) is 9.73. The van der Waals surface area contributed by atoms with E-state index in [4.69, 9.17) is 16.3 Å². The number of hydrogen-bond acceptors (Lipinski definition) is 2. The summed E-state index contributed by atoms with van der Waals surface area (Å²) in [4.78, 5) is 0. The highest BCUT2D eigenvalue weighted by Crippen LogP contribution is 2.15. The van der Waals surface area contributed by atoms with E-state index in [1.807, 2.05) is 0 Å². The molecule has 13 heavy (non-hydrogen) atoms. The Morgan fingerprint density at radius 1 is 1.62 bits per heavy atom. The number of rotatable bonds is 5. The Hall–Kier alpha value is 0.210. The molecule has 3 heteroatoms. The molecule has 1 saturated heterocycles. The van der Waals surface area contributed by atoms with Crippen molar-refractivity contribution in [3.63, 3.8) is 0 Å². The van der Waals surface area contributed by atoms with Gasteiger partial charge in [0.1, 0.15) is 0 Å². The van der Waals surface area contributed by atoms with Crippen LogP contribution in [0.3, 0.4) is 0 Å². The lowest BCUT2D eigenvalue weighted by Crippen LogP contribution is -2.45. The molecule has 0 bridgehead atoms. The van der Waals surface area contributed by atoms with E-state index in [-0.39, 0.29) is 5.54 Å². The second-order valence-corrected chi connectivity index (χ2v) is 4.43. The van der Waals surface area contributed by atoms with Crippen molar-refractivity contribution < 1.29 is 4.74 Å². The van der Waals surface area contributed by atoms with Crippen LogP contribution in [0.25, 0.3) is 0 Å². The molecule has 0 amide bonds. The van der Waals surface area contributed by atoms with Gasteiger partial charge in [-0.15, -0.1) is 11.6 Å². The number of hydrogen-bond donors (Lipinski definition) is 1. The first kappa shape index (κ1) is 11.3. The van der Waals surface area contributed by atoms with Crippen LogP contribution in [0.4, 0.5) is 0 Å². The van der Waals surface area contributed by atoms with Crippen molar-refractivity contribution in [1.82, 2.24) is 5.32 Å². The highest BCUT2D eigenvalue weighted by molar-refractivity contribution is 6.18. The number of nitrogens with one attached hydrogen (secondary N) is 1. The van der Waals surface area contributed by atoms with Crippen LogP contribution in [0.2, 0.25) is 0 Å². The van der Waals surface area contributed by atoms with E-state index >= 15 is 0 Å². The van der Waals surface area contributed by atoms with Crippen LogP contribution in [0, 0.1) is 5.92 Å². The van der Waals surface area contributed by atoms with Gasteiger partial charge in [0.05, 0.1) is 6.61 Å². The van der Waals surface area contributed by atoms with Gasteiger partial charge in [-0.1, -0.05) is 6.92 Å². The summed E-state index contributed by atoms with van der Waals surface area (Å²) in [6, 6.07) is 0. The van der Waals surface area contributed by atoms with Crippen LogP contribution in [0.5, 0.6) is 0 Å². The Kier molecular flexibility index (Phi) is 4.50. The van der Waals surface area contributed by atoms with Crippen LogP contribution in [0.15, 0.2) is 0 Å². The molecular formula is C10H20ClNO. The Bertz CT molecular complexity index is 142. The Morgan fingerprint density at radius 3 is 2.85 bits per heavy atom. The van der Waals surface area contributed by atoms with Crippen molar-refractivity contribution in [3.8, 4) is 0 Å². The highest BCUT2D eigenvalue weighted by Gasteiger charge is 2.23. The van der Waals surface area contributed by atoms with Gasteiger partial charge in [0.25, 0.3) is 0 Å². The average molecular weight is 206 g/mol. The molecule has 2 unspecified atom stereocenters. The summed E-state index contributed by atoms with van der Waals surface area (Å²) in [6.07, 6.45) is 2.26. The molecule has 0 aromatic carbocycles. The first-order chi connectivity index (χ1) is 6.20. The minimum absolute atomic E-state index is 0.101. The van der Waals surface area contributed by atoms with E-state index in [1.165, 1.54) is 6.42 Å². The average Bonchev–Trinajstić information content (AvgIpc) is 2.67. The second kappa shape index (κ2) is 5.18. The van der Waals surface area contributed by atoms with Gasteiger partial charge in [0, 0.05) is 24.6 Å². The minimum atomic E-state index is 0.101. The third-order valence-electron chi connectivity index (χ3n) is 2.92. The fourth-order valence-corrected chi connectivity index (χ4v) is 1.69. The summed E-state index contributed by atoms with van der Waals surface area (Å²) in [5.41, 5.74) is 0.101. The van der Waals surface area contributed by atoms with Gasteiger partial charge >= 0.3 is 0 Å². The highest BCUT2D eigenvalue weighted by atomic mass is 35.5. The number of alkyl halides is 1. The third kappa shape index (κ3) is 3.45. The Labute approximate surface area is 86.0 Å². The lowest BCUT2D eigenvalue weighted by atomic mass is 10.00. The predicted octanol–water partition coefficient (Wildman–Crippen LogP) is 2.02. The second-order valence-electron chi connectivity index (χ2n) is 4.16. The van der Waals surface area contributed by atoms with E-state index < -0.39 is 0 Å². The molecule has 1 aliphatic heterocycles. The van der Waals surface area contributed by atoms with Crippen molar-refractivity contribution in [2.24, 2.45) is 5.92 Å². The van der Waals surface area contributed by atoms with Gasteiger partial charge in [-0.3, -0.25) is 0 Å². The normalized spacial score (nSPS) is 27.5. The van der Waals surface area contributed by atoms with Gasteiger partial charge in [-0.25, -0.2) is 0 Å². The largest absolute Gasteiger partial charge is 0.381 e. The molecule has 1 heterocycles. The molecule has 0 aliphatic carbocycles. The first-order valence-corrected chi connectivity index (χ1v) is 5.62. The number of ether oxygens (including phenoxy) is 1. The summed E-state index contributed by atoms with van der Waals surface area (Å²) in [6.45, 7) is 7.22. The summed E-state index contributed by atoms with van der Waals surface area (Å²) >= 11 is 5.90. The fraction of sp³-hybridized carbons (Fsp3) is 1.00. The molecule has 1 N–H and O–H groups in total. The molecule has 0 aromatic rings. The zero-order valence-electron chi connectivity index (χ0n) is 8.61. The third-order valence-corrected chi connectivity index (χ3v) is 3.51. The molecule has 1 rings (SSSR count). The van der Waals surface area contributed by atoms with Crippen LogP contribution in [-0.2, 0) is 4.74 Å². The molecule has 0 saturated carbocycles. The lowest BCUT2D eigenvalue weighted by molar-refractivity contribution is 0.183. The smallest absolute Gasteiger partial charge is 0.0507 e. The quantitative estimate of drug-likeness (QED) is 0.694. The maximum atomic E-state index is 5.90. The summed E-state index contributed by atoms with van der Waals surface area (Å²) in [5, 5.41) is 3.53. The maximum absolute atomic E-state index is 5.90. The standard InChI is InChI=1S/C10H20ClNO/c1-3-10(2,8-11)12-6-9-4-5-13-7-9/h9,12H,3-8H2,1-2H3. The van der Waals surface area contributed by atoms with Crippen LogP contribution in [-0.4, -0.2) is 31.2 Å². The van der Waals surface area contributed by atoms with E-state index in [0.717, 1.165) is 26.2 Å². The zero-order valence-corrected chi connectivity index (χ0v) is 9.36. The van der Waals surface area contributed by atoms with E-state index in [2.05, 4.69) is 19.2 Å². The molecule has 78 valence electrons. The summed E-state index contributed by atoms with van der Waals surface area (Å²) < 4.78 is 5.32.